The first-order chi connectivity index (χ1) is 3.62. The molecule has 0 amide bonds. The van der Waals surface area contributed by atoms with Crippen LogP contribution in [-0.2, 0) is 10.0 Å². The molecule has 0 aliphatic rings. The van der Waals surface area contributed by atoms with Gasteiger partial charge in [0.1, 0.15) is 0 Å². The minimum atomic E-state index is -3.44. The standard InChI is InChI=1S/C3H6N2O2S/c1-2-3-8(6,7)5-4/h3,5H,1,4H2. The van der Waals surface area contributed by atoms with Gasteiger partial charge in [-0.2, -0.15) is 4.83 Å². The topological polar surface area (TPSA) is 72.2 Å². The molecule has 0 fully saturated rings. The molecule has 46 valence electrons. The van der Waals surface area contributed by atoms with E-state index >= 15 is 0 Å². The third-order valence-electron chi connectivity index (χ3n) is 0.403. The van der Waals surface area contributed by atoms with E-state index in [9.17, 15) is 8.42 Å². The van der Waals surface area contributed by atoms with E-state index in [4.69, 9.17) is 0 Å². The van der Waals surface area contributed by atoms with Crippen LogP contribution in [0.15, 0.2) is 17.7 Å². The summed E-state index contributed by atoms with van der Waals surface area (Å²) in [4.78, 5) is 1.56. The van der Waals surface area contributed by atoms with Gasteiger partial charge in [0.25, 0.3) is 10.0 Å². The smallest absolute Gasteiger partial charge is 0.253 e. The van der Waals surface area contributed by atoms with Crippen LogP contribution in [0.5, 0.6) is 0 Å². The lowest BCUT2D eigenvalue weighted by Crippen LogP contribution is -2.27. The van der Waals surface area contributed by atoms with Crippen molar-refractivity contribution in [3.05, 3.63) is 17.7 Å². The number of rotatable bonds is 2. The highest BCUT2D eigenvalue weighted by Gasteiger charge is 1.95. The Morgan fingerprint density at radius 1 is 1.75 bits per heavy atom. The van der Waals surface area contributed by atoms with Gasteiger partial charge in [-0.15, -0.1) is 5.73 Å². The van der Waals surface area contributed by atoms with Crippen LogP contribution in [-0.4, -0.2) is 8.42 Å². The highest BCUT2D eigenvalue weighted by Crippen LogP contribution is 1.77. The Hall–Kier alpha value is -0.610. The fourth-order valence-electron chi connectivity index (χ4n) is 0.144. The molecule has 0 heterocycles. The Bertz CT molecular complexity index is 199. The summed E-state index contributed by atoms with van der Waals surface area (Å²) < 4.78 is 20.4. The predicted molar refractivity (Wildman–Crippen MR) is 30.0 cm³/mol. The maximum atomic E-state index is 10.2. The van der Waals surface area contributed by atoms with Gasteiger partial charge in [-0.1, -0.05) is 6.58 Å². The van der Waals surface area contributed by atoms with E-state index in [1.54, 1.807) is 4.83 Å². The van der Waals surface area contributed by atoms with Crippen molar-refractivity contribution in [2.75, 3.05) is 0 Å². The Balaban J connectivity index is 4.41. The second-order valence-corrected chi connectivity index (χ2v) is 2.55. The quantitative estimate of drug-likeness (QED) is 0.291. The minimum Gasteiger partial charge on any atom is -0.257 e. The molecule has 3 N–H and O–H groups in total. The first kappa shape index (κ1) is 7.39. The van der Waals surface area contributed by atoms with Gasteiger partial charge in [0.15, 0.2) is 0 Å². The van der Waals surface area contributed by atoms with Crippen molar-refractivity contribution in [3.8, 4) is 0 Å². The van der Waals surface area contributed by atoms with Crippen molar-refractivity contribution in [1.29, 1.82) is 0 Å². The Morgan fingerprint density at radius 3 is 2.38 bits per heavy atom. The molecule has 0 unspecified atom stereocenters. The zero-order valence-corrected chi connectivity index (χ0v) is 4.90. The summed E-state index contributed by atoms with van der Waals surface area (Å²) in [5.74, 6) is 4.56. The summed E-state index contributed by atoms with van der Waals surface area (Å²) in [5, 5.41) is 0.743. The molecular formula is C3H6N2O2S. The van der Waals surface area contributed by atoms with Crippen molar-refractivity contribution >= 4 is 10.0 Å². The summed E-state index contributed by atoms with van der Waals surface area (Å²) in [5.41, 5.74) is 2.05. The third kappa shape index (κ3) is 2.54. The fourth-order valence-corrected chi connectivity index (χ4v) is 0.431. The van der Waals surface area contributed by atoms with Crippen molar-refractivity contribution in [2.45, 2.75) is 0 Å². The number of sulfonamides is 1. The van der Waals surface area contributed by atoms with Crippen LogP contribution in [0.4, 0.5) is 0 Å². The lowest BCUT2D eigenvalue weighted by atomic mass is 11.0. The predicted octanol–water partition coefficient (Wildman–Crippen LogP) is -0.922. The van der Waals surface area contributed by atoms with Gasteiger partial charge >= 0.3 is 0 Å². The van der Waals surface area contributed by atoms with Crippen molar-refractivity contribution < 1.29 is 8.42 Å². The van der Waals surface area contributed by atoms with Gasteiger partial charge in [-0.25, -0.2) is 8.42 Å². The third-order valence-corrected chi connectivity index (χ3v) is 1.21. The lowest BCUT2D eigenvalue weighted by molar-refractivity contribution is 0.593. The highest BCUT2D eigenvalue weighted by atomic mass is 32.2. The summed E-state index contributed by atoms with van der Waals surface area (Å²) in [7, 11) is -3.44. The second kappa shape index (κ2) is 2.64. The van der Waals surface area contributed by atoms with Crippen LogP contribution in [0.2, 0.25) is 0 Å². The molecule has 0 saturated carbocycles. The van der Waals surface area contributed by atoms with E-state index in [-0.39, 0.29) is 0 Å². The van der Waals surface area contributed by atoms with E-state index in [0.717, 1.165) is 5.41 Å². The Labute approximate surface area is 47.7 Å². The van der Waals surface area contributed by atoms with E-state index in [1.807, 2.05) is 0 Å². The monoisotopic (exact) mass is 134 g/mol. The van der Waals surface area contributed by atoms with E-state index in [0.29, 0.717) is 0 Å². The summed E-state index contributed by atoms with van der Waals surface area (Å²) in [6.07, 6.45) is 0. The van der Waals surface area contributed by atoms with Gasteiger partial charge < -0.3 is 0 Å². The molecule has 5 heteroatoms. The molecule has 0 rings (SSSR count). The lowest BCUT2D eigenvalue weighted by Gasteiger charge is -1.87. The molecule has 0 saturated heterocycles. The molecule has 0 spiro atoms. The average Bonchev–Trinajstić information content (AvgIpc) is 1.67. The number of hydrogen-bond donors (Lipinski definition) is 2. The summed E-state index contributed by atoms with van der Waals surface area (Å²) in [6, 6.07) is 0. The van der Waals surface area contributed by atoms with Crippen LogP contribution in [0.25, 0.3) is 0 Å². The zero-order chi connectivity index (χ0) is 6.62. The van der Waals surface area contributed by atoms with Crippen LogP contribution in [0.3, 0.4) is 0 Å². The van der Waals surface area contributed by atoms with Crippen molar-refractivity contribution in [2.24, 2.45) is 5.84 Å². The molecule has 0 aliphatic heterocycles. The van der Waals surface area contributed by atoms with Gasteiger partial charge in [0.2, 0.25) is 0 Å². The fraction of sp³-hybridized carbons (Fsp3) is 0. The van der Waals surface area contributed by atoms with E-state index in [1.165, 1.54) is 0 Å². The van der Waals surface area contributed by atoms with E-state index < -0.39 is 10.0 Å². The zero-order valence-electron chi connectivity index (χ0n) is 4.09. The Morgan fingerprint density at radius 2 is 2.25 bits per heavy atom. The highest BCUT2D eigenvalue weighted by molar-refractivity contribution is 7.92. The van der Waals surface area contributed by atoms with Gasteiger partial charge in [-0.3, -0.25) is 5.84 Å². The molecular weight excluding hydrogens is 128 g/mol. The first-order valence-electron chi connectivity index (χ1n) is 1.70. The van der Waals surface area contributed by atoms with Crippen molar-refractivity contribution in [1.82, 2.24) is 4.83 Å². The van der Waals surface area contributed by atoms with E-state index in [2.05, 4.69) is 18.2 Å². The largest absolute Gasteiger partial charge is 0.257 e. The van der Waals surface area contributed by atoms with Crippen LogP contribution in [0, 0.1) is 0 Å². The minimum absolute atomic E-state index is 0.743. The number of hydrazine groups is 1. The molecule has 4 nitrogen and oxygen atoms in total. The molecule has 0 bridgehead atoms. The van der Waals surface area contributed by atoms with Crippen molar-refractivity contribution in [3.63, 3.8) is 0 Å². The second-order valence-electron chi connectivity index (χ2n) is 0.985. The first-order valence-corrected chi connectivity index (χ1v) is 3.25. The maximum absolute atomic E-state index is 10.2. The molecule has 0 aromatic rings. The average molecular weight is 134 g/mol. The van der Waals surface area contributed by atoms with Gasteiger partial charge in [-0.05, 0) is 0 Å². The van der Waals surface area contributed by atoms with Gasteiger partial charge in [0.05, 0.1) is 5.41 Å². The Kier molecular flexibility index (Phi) is 2.44. The van der Waals surface area contributed by atoms with Gasteiger partial charge in [0, 0.05) is 0 Å². The molecule has 0 aromatic carbocycles. The summed E-state index contributed by atoms with van der Waals surface area (Å²) >= 11 is 0. The molecule has 0 aromatic heterocycles. The number of nitrogens with one attached hydrogen (secondary N) is 1. The summed E-state index contributed by atoms with van der Waals surface area (Å²) in [6.45, 7) is 3.04. The van der Waals surface area contributed by atoms with Crippen LogP contribution < -0.4 is 10.7 Å². The SMILES string of the molecule is C=C=CS(=O)(=O)NN. The van der Waals surface area contributed by atoms with Crippen LogP contribution >= 0.6 is 0 Å². The normalized spacial score (nSPS) is 10.1. The maximum Gasteiger partial charge on any atom is 0.253 e. The van der Waals surface area contributed by atoms with Crippen LogP contribution in [0.1, 0.15) is 0 Å². The molecule has 0 radical (unpaired) electrons. The molecule has 0 aliphatic carbocycles. The molecule has 8 heavy (non-hydrogen) atoms. The number of nitrogens with two attached hydrogens (primary N) is 1. The molecule has 0 atom stereocenters. The number of hydrogen-bond acceptors (Lipinski definition) is 3.